The molecule has 0 aliphatic rings. The van der Waals surface area contributed by atoms with Crippen LogP contribution in [0.15, 0.2) is 18.3 Å². The average Bonchev–Trinajstić information content (AvgIpc) is 1.90. The molecule has 0 bridgehead atoms. The number of halogens is 1. The van der Waals surface area contributed by atoms with Crippen molar-refractivity contribution in [3.63, 3.8) is 0 Å². The lowest BCUT2D eigenvalue weighted by Crippen LogP contribution is -1.82. The zero-order valence-corrected chi connectivity index (χ0v) is 6.85. The lowest BCUT2D eigenvalue weighted by molar-refractivity contribution is 1.16. The van der Waals surface area contributed by atoms with Gasteiger partial charge in [-0.2, -0.15) is 0 Å². The van der Waals surface area contributed by atoms with E-state index in [-0.39, 0.29) is 0 Å². The number of alkyl halides is 1. The average molecular weight is 186 g/mol. The normalized spacial score (nSPS) is 9.56. The predicted molar refractivity (Wildman–Crippen MR) is 41.6 cm³/mol. The Labute approximate surface area is 63.2 Å². The van der Waals surface area contributed by atoms with Gasteiger partial charge in [-0.1, -0.05) is 22.0 Å². The van der Waals surface area contributed by atoms with Gasteiger partial charge in [-0.3, -0.25) is 4.98 Å². The minimum atomic E-state index is 0.841. The summed E-state index contributed by atoms with van der Waals surface area (Å²) < 4.78 is 0. The van der Waals surface area contributed by atoms with Crippen molar-refractivity contribution in [2.75, 3.05) is 0 Å². The zero-order chi connectivity index (χ0) is 6.69. The summed E-state index contributed by atoms with van der Waals surface area (Å²) >= 11 is 3.32. The molecule has 0 aromatic carbocycles. The second-order valence-corrected chi connectivity index (χ2v) is 2.52. The molecule has 0 amide bonds. The first-order chi connectivity index (χ1) is 4.33. The van der Waals surface area contributed by atoms with Gasteiger partial charge in [0.2, 0.25) is 0 Å². The maximum atomic E-state index is 4.15. The van der Waals surface area contributed by atoms with Crippen molar-refractivity contribution in [1.29, 1.82) is 0 Å². The van der Waals surface area contributed by atoms with Crippen molar-refractivity contribution < 1.29 is 0 Å². The predicted octanol–water partition coefficient (Wildman–Crippen LogP) is 2.28. The lowest BCUT2D eigenvalue weighted by Gasteiger charge is -1.92. The quantitative estimate of drug-likeness (QED) is 0.613. The van der Waals surface area contributed by atoms with Crippen LogP contribution >= 0.6 is 15.9 Å². The molecule has 0 aliphatic heterocycles. The fourth-order valence-electron chi connectivity index (χ4n) is 0.577. The monoisotopic (exact) mass is 185 g/mol. The van der Waals surface area contributed by atoms with Crippen molar-refractivity contribution in [2.24, 2.45) is 0 Å². The Morgan fingerprint density at radius 3 is 2.78 bits per heavy atom. The van der Waals surface area contributed by atoms with Crippen molar-refractivity contribution in [1.82, 2.24) is 4.98 Å². The van der Waals surface area contributed by atoms with Crippen LogP contribution in [0, 0.1) is 6.92 Å². The molecule has 1 aromatic heterocycles. The van der Waals surface area contributed by atoms with Crippen LogP contribution in [0.2, 0.25) is 0 Å². The first-order valence-electron chi connectivity index (χ1n) is 2.80. The van der Waals surface area contributed by atoms with E-state index in [1.165, 1.54) is 5.56 Å². The molecule has 1 nitrogen and oxygen atoms in total. The number of hydrogen-bond donors (Lipinski definition) is 0. The molecule has 0 saturated carbocycles. The largest absolute Gasteiger partial charge is 0.260 e. The minimum absolute atomic E-state index is 0.841. The van der Waals surface area contributed by atoms with Crippen LogP contribution in [0.25, 0.3) is 0 Å². The van der Waals surface area contributed by atoms with Crippen molar-refractivity contribution >= 4 is 15.9 Å². The molecule has 0 aliphatic carbocycles. The van der Waals surface area contributed by atoms with Gasteiger partial charge in [-0.15, -0.1) is 0 Å². The van der Waals surface area contributed by atoms with E-state index in [1.54, 1.807) is 0 Å². The van der Waals surface area contributed by atoms with Crippen molar-refractivity contribution in [3.05, 3.63) is 29.6 Å². The molecule has 0 atom stereocenters. The topological polar surface area (TPSA) is 12.9 Å². The summed E-state index contributed by atoms with van der Waals surface area (Å²) in [5, 5.41) is 0.841. The molecular formula is C7H8BrN. The van der Waals surface area contributed by atoms with Crippen LogP contribution in [0.3, 0.4) is 0 Å². The van der Waals surface area contributed by atoms with Crippen LogP contribution in [0.1, 0.15) is 11.3 Å². The highest BCUT2D eigenvalue weighted by atomic mass is 79.9. The SMILES string of the molecule is Cc1ccc(CBr)nc1. The molecule has 0 radical (unpaired) electrons. The fraction of sp³-hybridized carbons (Fsp3) is 0.286. The van der Waals surface area contributed by atoms with Gasteiger partial charge < -0.3 is 0 Å². The second kappa shape index (κ2) is 2.97. The van der Waals surface area contributed by atoms with Crippen LogP contribution in [-0.2, 0) is 5.33 Å². The Morgan fingerprint density at radius 2 is 2.33 bits per heavy atom. The Hall–Kier alpha value is -0.370. The van der Waals surface area contributed by atoms with Gasteiger partial charge in [0.05, 0.1) is 5.69 Å². The summed E-state index contributed by atoms with van der Waals surface area (Å²) in [5.41, 5.74) is 2.29. The van der Waals surface area contributed by atoms with E-state index in [2.05, 4.69) is 27.0 Å². The Kier molecular flexibility index (Phi) is 2.22. The summed E-state index contributed by atoms with van der Waals surface area (Å²) in [4.78, 5) is 4.15. The summed E-state index contributed by atoms with van der Waals surface area (Å²) in [7, 11) is 0. The van der Waals surface area contributed by atoms with E-state index in [1.807, 2.05) is 19.2 Å². The van der Waals surface area contributed by atoms with Gasteiger partial charge in [-0.05, 0) is 18.6 Å². The number of aryl methyl sites for hydroxylation is 1. The molecule has 1 rings (SSSR count). The maximum Gasteiger partial charge on any atom is 0.0509 e. The van der Waals surface area contributed by atoms with Gasteiger partial charge >= 0.3 is 0 Å². The zero-order valence-electron chi connectivity index (χ0n) is 5.26. The van der Waals surface area contributed by atoms with Gasteiger partial charge in [0.25, 0.3) is 0 Å². The molecule has 0 spiro atoms. The standard InChI is InChI=1S/C7H8BrN/c1-6-2-3-7(4-8)9-5-6/h2-3,5H,4H2,1H3. The molecule has 0 unspecified atom stereocenters. The molecule has 0 fully saturated rings. The summed E-state index contributed by atoms with van der Waals surface area (Å²) in [6, 6.07) is 4.08. The molecule has 0 saturated heterocycles. The number of hydrogen-bond acceptors (Lipinski definition) is 1. The number of aromatic nitrogens is 1. The molecule has 9 heavy (non-hydrogen) atoms. The molecule has 1 aromatic rings. The first kappa shape index (κ1) is 6.75. The third-order valence-corrected chi connectivity index (χ3v) is 1.68. The number of rotatable bonds is 1. The Bertz CT molecular complexity index is 181. The van der Waals surface area contributed by atoms with Crippen LogP contribution in [0.5, 0.6) is 0 Å². The summed E-state index contributed by atoms with van der Waals surface area (Å²) in [5.74, 6) is 0. The molecular weight excluding hydrogens is 178 g/mol. The number of nitrogens with zero attached hydrogens (tertiary/aromatic N) is 1. The van der Waals surface area contributed by atoms with Crippen LogP contribution in [0.4, 0.5) is 0 Å². The third-order valence-electron chi connectivity index (χ3n) is 1.11. The highest BCUT2D eigenvalue weighted by Gasteiger charge is 1.87. The molecule has 2 heteroatoms. The summed E-state index contributed by atoms with van der Waals surface area (Å²) in [6.45, 7) is 2.03. The molecule has 1 heterocycles. The van der Waals surface area contributed by atoms with Crippen LogP contribution in [-0.4, -0.2) is 4.98 Å². The maximum absolute atomic E-state index is 4.15. The highest BCUT2D eigenvalue weighted by molar-refractivity contribution is 9.08. The Balaban J connectivity index is 2.88. The van der Waals surface area contributed by atoms with Gasteiger partial charge in [0.15, 0.2) is 0 Å². The van der Waals surface area contributed by atoms with Crippen molar-refractivity contribution in [2.45, 2.75) is 12.3 Å². The van der Waals surface area contributed by atoms with Crippen molar-refractivity contribution in [3.8, 4) is 0 Å². The van der Waals surface area contributed by atoms with E-state index in [4.69, 9.17) is 0 Å². The van der Waals surface area contributed by atoms with Gasteiger partial charge in [0, 0.05) is 11.5 Å². The number of pyridine rings is 1. The fourth-order valence-corrected chi connectivity index (χ4v) is 0.909. The van der Waals surface area contributed by atoms with E-state index in [0.29, 0.717) is 0 Å². The van der Waals surface area contributed by atoms with E-state index in [9.17, 15) is 0 Å². The Morgan fingerprint density at radius 1 is 1.56 bits per heavy atom. The van der Waals surface area contributed by atoms with E-state index >= 15 is 0 Å². The minimum Gasteiger partial charge on any atom is -0.260 e. The molecule has 0 N–H and O–H groups in total. The highest BCUT2D eigenvalue weighted by Crippen LogP contribution is 2.01. The van der Waals surface area contributed by atoms with E-state index < -0.39 is 0 Å². The summed E-state index contributed by atoms with van der Waals surface area (Å²) in [6.07, 6.45) is 1.87. The van der Waals surface area contributed by atoms with Gasteiger partial charge in [-0.25, -0.2) is 0 Å². The third kappa shape index (κ3) is 1.79. The van der Waals surface area contributed by atoms with E-state index in [0.717, 1.165) is 11.0 Å². The first-order valence-corrected chi connectivity index (χ1v) is 3.92. The van der Waals surface area contributed by atoms with Gasteiger partial charge in [0.1, 0.15) is 0 Å². The second-order valence-electron chi connectivity index (χ2n) is 1.96. The smallest absolute Gasteiger partial charge is 0.0509 e. The molecule has 48 valence electrons. The lowest BCUT2D eigenvalue weighted by atomic mass is 10.3. The van der Waals surface area contributed by atoms with Crippen LogP contribution < -0.4 is 0 Å².